The van der Waals surface area contributed by atoms with Crippen molar-refractivity contribution in [3.8, 4) is 11.3 Å². The van der Waals surface area contributed by atoms with E-state index in [2.05, 4.69) is 10.3 Å². The van der Waals surface area contributed by atoms with Crippen LogP contribution in [0.25, 0.3) is 27.8 Å². The van der Waals surface area contributed by atoms with E-state index in [4.69, 9.17) is 9.72 Å². The minimum absolute atomic E-state index is 0.228. The molecule has 0 saturated carbocycles. The summed E-state index contributed by atoms with van der Waals surface area (Å²) in [6.07, 6.45) is -2.94. The number of hydrogen-bond acceptors (Lipinski definition) is 6. The molecule has 0 N–H and O–H groups in total. The van der Waals surface area contributed by atoms with Crippen molar-refractivity contribution in [2.75, 3.05) is 24.6 Å². The molecule has 3 heterocycles. The van der Waals surface area contributed by atoms with Gasteiger partial charge >= 0.3 is 12.1 Å². The zero-order valence-electron chi connectivity index (χ0n) is 18.4. The predicted molar refractivity (Wildman–Crippen MR) is 120 cm³/mol. The summed E-state index contributed by atoms with van der Waals surface area (Å²) in [5, 5.41) is 9.20. The van der Waals surface area contributed by atoms with E-state index < -0.39 is 11.7 Å². The molecule has 1 unspecified atom stereocenters. The molecule has 0 radical (unpaired) electrons. The molecule has 1 saturated heterocycles. The molecule has 10 heteroatoms. The Kier molecular flexibility index (Phi) is 5.59. The van der Waals surface area contributed by atoms with E-state index >= 15 is 0 Å². The fourth-order valence-corrected chi connectivity index (χ4v) is 4.44. The van der Waals surface area contributed by atoms with Gasteiger partial charge in [0.2, 0.25) is 0 Å². The van der Waals surface area contributed by atoms with Crippen LogP contribution in [0.3, 0.4) is 0 Å². The quantitative estimate of drug-likeness (QED) is 0.402. The molecule has 0 amide bonds. The molecular formula is C24H22F3N5O2. The van der Waals surface area contributed by atoms with Crippen molar-refractivity contribution in [2.24, 2.45) is 5.92 Å². The highest BCUT2D eigenvalue weighted by atomic mass is 19.4. The highest BCUT2D eigenvalue weighted by Crippen LogP contribution is 2.35. The van der Waals surface area contributed by atoms with Gasteiger partial charge in [0.25, 0.3) is 0 Å². The number of rotatable bonds is 4. The van der Waals surface area contributed by atoms with Crippen LogP contribution in [-0.2, 0) is 15.7 Å². The molecule has 1 atom stereocenters. The first kappa shape index (κ1) is 22.1. The van der Waals surface area contributed by atoms with Crippen LogP contribution in [0.1, 0.15) is 25.3 Å². The Morgan fingerprint density at radius 1 is 1.18 bits per heavy atom. The number of esters is 1. The van der Waals surface area contributed by atoms with Gasteiger partial charge in [-0.15, -0.1) is 5.10 Å². The molecule has 176 valence electrons. The number of benzene rings is 2. The Labute approximate surface area is 193 Å². The molecule has 1 fully saturated rings. The molecule has 0 bridgehead atoms. The van der Waals surface area contributed by atoms with Crippen LogP contribution in [0.2, 0.25) is 0 Å². The zero-order valence-corrected chi connectivity index (χ0v) is 18.4. The second-order valence-electron chi connectivity index (χ2n) is 8.24. The summed E-state index contributed by atoms with van der Waals surface area (Å²) < 4.78 is 46.6. The monoisotopic (exact) mass is 469 g/mol. The number of anilines is 1. The number of para-hydroxylation sites is 1. The Bertz CT molecular complexity index is 1370. The molecule has 1 aliphatic heterocycles. The maximum absolute atomic E-state index is 13.3. The Morgan fingerprint density at radius 3 is 2.79 bits per heavy atom. The van der Waals surface area contributed by atoms with Gasteiger partial charge in [0.15, 0.2) is 5.65 Å². The highest BCUT2D eigenvalue weighted by molar-refractivity contribution is 5.94. The number of halogens is 3. The second-order valence-corrected chi connectivity index (χ2v) is 8.24. The lowest BCUT2D eigenvalue weighted by molar-refractivity contribution is -0.148. The van der Waals surface area contributed by atoms with Gasteiger partial charge in [0.1, 0.15) is 11.5 Å². The summed E-state index contributed by atoms with van der Waals surface area (Å²) in [5.74, 6) is 0.150. The van der Waals surface area contributed by atoms with Gasteiger partial charge in [-0.1, -0.05) is 29.5 Å². The molecule has 34 heavy (non-hydrogen) atoms. The van der Waals surface area contributed by atoms with Crippen LogP contribution in [-0.4, -0.2) is 45.5 Å². The topological polar surface area (TPSA) is 72.6 Å². The average Bonchev–Trinajstić information content (AvgIpc) is 3.28. The number of aromatic nitrogens is 4. The molecule has 2 aromatic heterocycles. The van der Waals surface area contributed by atoms with Crippen molar-refractivity contribution in [2.45, 2.75) is 25.9 Å². The van der Waals surface area contributed by atoms with Gasteiger partial charge in [0, 0.05) is 24.0 Å². The summed E-state index contributed by atoms with van der Waals surface area (Å²) in [7, 11) is 0. The van der Waals surface area contributed by atoms with Crippen LogP contribution in [0.5, 0.6) is 0 Å². The number of carbonyl (C=O) groups is 1. The van der Waals surface area contributed by atoms with Gasteiger partial charge in [-0.25, -0.2) is 4.98 Å². The van der Waals surface area contributed by atoms with E-state index in [0.717, 1.165) is 35.9 Å². The smallest absolute Gasteiger partial charge is 0.416 e. The Balaban J connectivity index is 1.64. The maximum Gasteiger partial charge on any atom is 0.416 e. The molecule has 0 aliphatic carbocycles. The summed E-state index contributed by atoms with van der Waals surface area (Å²) in [6, 6.07) is 12.5. The standard InChI is InChI=1S/C24H22F3N5O2/c1-2-34-23(33)16-8-6-12-31(14-16)21-18-10-3-4-11-19(18)32-22(28-21)20(29-30-32)15-7-5-9-17(13-15)24(25,26)27/h3-5,7,9-11,13,16H,2,6,8,12,14H2,1H3. The first-order valence-corrected chi connectivity index (χ1v) is 11.1. The number of alkyl halides is 3. The highest BCUT2D eigenvalue weighted by Gasteiger charge is 2.32. The van der Waals surface area contributed by atoms with Gasteiger partial charge in [-0.2, -0.15) is 17.7 Å². The fraction of sp³-hybridized carbons (Fsp3) is 0.333. The third-order valence-electron chi connectivity index (χ3n) is 6.04. The summed E-state index contributed by atoms with van der Waals surface area (Å²) in [5.41, 5.74) is 0.858. The molecule has 4 aromatic rings. The van der Waals surface area contributed by atoms with E-state index in [9.17, 15) is 18.0 Å². The number of carbonyl (C=O) groups excluding carboxylic acids is 1. The van der Waals surface area contributed by atoms with Crippen molar-refractivity contribution in [1.82, 2.24) is 19.8 Å². The SMILES string of the molecule is CCOC(=O)C1CCCN(c2nc3c(-c4cccc(C(F)(F)F)c4)nnn3c3ccccc23)C1. The lowest BCUT2D eigenvalue weighted by atomic mass is 9.98. The minimum atomic E-state index is -4.47. The predicted octanol–water partition coefficient (Wildman–Crippen LogP) is 4.74. The van der Waals surface area contributed by atoms with Crippen LogP contribution >= 0.6 is 0 Å². The fourth-order valence-electron chi connectivity index (χ4n) is 4.44. The normalized spacial score (nSPS) is 16.8. The van der Waals surface area contributed by atoms with Crippen molar-refractivity contribution in [3.05, 3.63) is 54.1 Å². The number of piperidine rings is 1. The van der Waals surface area contributed by atoms with Gasteiger partial charge in [-0.3, -0.25) is 4.79 Å². The van der Waals surface area contributed by atoms with E-state index in [0.29, 0.717) is 31.2 Å². The molecular weight excluding hydrogens is 447 g/mol. The average molecular weight is 469 g/mol. The van der Waals surface area contributed by atoms with Crippen molar-refractivity contribution in [1.29, 1.82) is 0 Å². The van der Waals surface area contributed by atoms with E-state index in [1.807, 2.05) is 29.2 Å². The molecule has 2 aromatic carbocycles. The van der Waals surface area contributed by atoms with Gasteiger partial charge in [-0.05, 0) is 44.0 Å². The van der Waals surface area contributed by atoms with Gasteiger partial charge in [0.05, 0.1) is 23.6 Å². The summed E-state index contributed by atoms with van der Waals surface area (Å²) in [4.78, 5) is 19.2. The van der Waals surface area contributed by atoms with Crippen LogP contribution in [0.15, 0.2) is 48.5 Å². The lowest BCUT2D eigenvalue weighted by Gasteiger charge is -2.33. The molecule has 5 rings (SSSR count). The number of nitrogens with zero attached hydrogens (tertiary/aromatic N) is 5. The first-order chi connectivity index (χ1) is 16.4. The van der Waals surface area contributed by atoms with Crippen LogP contribution < -0.4 is 4.90 Å². The number of ether oxygens (including phenoxy) is 1. The third-order valence-corrected chi connectivity index (χ3v) is 6.04. The maximum atomic E-state index is 13.3. The third kappa shape index (κ3) is 3.93. The number of fused-ring (bicyclic) bond motifs is 3. The Hall–Kier alpha value is -3.69. The van der Waals surface area contributed by atoms with Crippen LogP contribution in [0.4, 0.5) is 19.0 Å². The lowest BCUT2D eigenvalue weighted by Crippen LogP contribution is -2.40. The van der Waals surface area contributed by atoms with Crippen LogP contribution in [0, 0.1) is 5.92 Å². The summed E-state index contributed by atoms with van der Waals surface area (Å²) >= 11 is 0. The van der Waals surface area contributed by atoms with Crippen molar-refractivity contribution < 1.29 is 22.7 Å². The van der Waals surface area contributed by atoms with E-state index in [1.54, 1.807) is 17.5 Å². The van der Waals surface area contributed by atoms with Crippen molar-refractivity contribution >= 4 is 28.3 Å². The zero-order chi connectivity index (χ0) is 23.9. The van der Waals surface area contributed by atoms with Crippen molar-refractivity contribution in [3.63, 3.8) is 0 Å². The van der Waals surface area contributed by atoms with E-state index in [-0.39, 0.29) is 23.1 Å². The molecule has 0 spiro atoms. The minimum Gasteiger partial charge on any atom is -0.466 e. The largest absolute Gasteiger partial charge is 0.466 e. The van der Waals surface area contributed by atoms with E-state index in [1.165, 1.54) is 6.07 Å². The molecule has 7 nitrogen and oxygen atoms in total. The number of hydrogen-bond donors (Lipinski definition) is 0. The molecule has 1 aliphatic rings. The van der Waals surface area contributed by atoms with Gasteiger partial charge < -0.3 is 9.64 Å². The summed E-state index contributed by atoms with van der Waals surface area (Å²) in [6.45, 7) is 3.25. The first-order valence-electron chi connectivity index (χ1n) is 11.1. The second kappa shape index (κ2) is 8.58. The Morgan fingerprint density at radius 2 is 2.00 bits per heavy atom.